The number of hydrogen-bond acceptors (Lipinski definition) is 2. The lowest BCUT2D eigenvalue weighted by Gasteiger charge is -2.20. The second-order valence-corrected chi connectivity index (χ2v) is 7.68. The molecule has 1 amide bonds. The number of amides is 1. The number of carbonyl (C=O) groups excluding carboxylic acids is 1. The first-order valence-electron chi connectivity index (χ1n) is 8.52. The molecule has 0 aliphatic heterocycles. The predicted molar refractivity (Wildman–Crippen MR) is 104 cm³/mol. The minimum atomic E-state index is -0.146. The van der Waals surface area contributed by atoms with Gasteiger partial charge in [0.05, 0.1) is 10.5 Å². The lowest BCUT2D eigenvalue weighted by molar-refractivity contribution is -0.123. The highest BCUT2D eigenvalue weighted by molar-refractivity contribution is 9.10. The first-order chi connectivity index (χ1) is 12.0. The first-order valence-corrected chi connectivity index (χ1v) is 9.69. The van der Waals surface area contributed by atoms with Gasteiger partial charge in [-0.15, -0.1) is 0 Å². The maximum Gasteiger partial charge on any atom is 0.258 e. The number of nitrogens with one attached hydrogen (secondary N) is 1. The van der Waals surface area contributed by atoms with Crippen LogP contribution in [0.25, 0.3) is 0 Å². The summed E-state index contributed by atoms with van der Waals surface area (Å²) in [4.78, 5) is 12.2. The van der Waals surface area contributed by atoms with Crippen molar-refractivity contribution in [1.82, 2.24) is 5.32 Å². The second kappa shape index (κ2) is 8.24. The van der Waals surface area contributed by atoms with E-state index in [9.17, 15) is 4.79 Å². The standard InChI is InChI=1S/C20H21BrClNO2/c1-13(15-7-6-14-4-2-3-5-16(14)10-15)23-20(24)12-25-19-9-8-17(22)11-18(19)21/h6-11,13H,2-5,12H2,1H3,(H,23,24)/t13-/m1/s1. The summed E-state index contributed by atoms with van der Waals surface area (Å²) in [6, 6.07) is 11.7. The van der Waals surface area contributed by atoms with Crippen LogP contribution in [0.5, 0.6) is 5.75 Å². The van der Waals surface area contributed by atoms with Gasteiger partial charge in [-0.25, -0.2) is 0 Å². The molecule has 25 heavy (non-hydrogen) atoms. The van der Waals surface area contributed by atoms with Crippen LogP contribution in [0.15, 0.2) is 40.9 Å². The molecule has 1 N–H and O–H groups in total. The first kappa shape index (κ1) is 18.3. The number of carbonyl (C=O) groups is 1. The van der Waals surface area contributed by atoms with Crippen molar-refractivity contribution in [3.8, 4) is 5.75 Å². The molecule has 1 atom stereocenters. The molecule has 3 rings (SSSR count). The normalized spacial score (nSPS) is 14.5. The van der Waals surface area contributed by atoms with Crippen molar-refractivity contribution in [3.63, 3.8) is 0 Å². The molecular formula is C20H21BrClNO2. The molecule has 3 nitrogen and oxygen atoms in total. The Kier molecular flexibility index (Phi) is 6.02. The summed E-state index contributed by atoms with van der Waals surface area (Å²) in [5, 5.41) is 3.61. The second-order valence-electron chi connectivity index (χ2n) is 6.39. The van der Waals surface area contributed by atoms with Gasteiger partial charge in [-0.05, 0) is 83.4 Å². The summed E-state index contributed by atoms with van der Waals surface area (Å²) in [5.41, 5.74) is 4.01. The van der Waals surface area contributed by atoms with E-state index in [-0.39, 0.29) is 18.6 Å². The van der Waals surface area contributed by atoms with E-state index in [2.05, 4.69) is 39.4 Å². The third kappa shape index (κ3) is 4.77. The van der Waals surface area contributed by atoms with Crippen molar-refractivity contribution < 1.29 is 9.53 Å². The lowest BCUT2D eigenvalue weighted by Crippen LogP contribution is -2.31. The Hall–Kier alpha value is -1.52. The Morgan fingerprint density at radius 1 is 1.20 bits per heavy atom. The minimum absolute atomic E-state index is 0.0322. The summed E-state index contributed by atoms with van der Waals surface area (Å²) >= 11 is 9.28. The number of rotatable bonds is 5. The Bertz CT molecular complexity index is 778. The summed E-state index contributed by atoms with van der Waals surface area (Å²) < 4.78 is 6.30. The van der Waals surface area contributed by atoms with Crippen LogP contribution in [0.4, 0.5) is 0 Å². The Labute approximate surface area is 161 Å². The number of ether oxygens (including phenoxy) is 1. The number of halogens is 2. The van der Waals surface area contributed by atoms with Crippen LogP contribution in [0.2, 0.25) is 5.02 Å². The van der Waals surface area contributed by atoms with Gasteiger partial charge in [-0.2, -0.15) is 0 Å². The minimum Gasteiger partial charge on any atom is -0.483 e. The Balaban J connectivity index is 1.57. The van der Waals surface area contributed by atoms with Gasteiger partial charge >= 0.3 is 0 Å². The third-order valence-corrected chi connectivity index (χ3v) is 5.36. The Morgan fingerprint density at radius 3 is 2.72 bits per heavy atom. The zero-order chi connectivity index (χ0) is 17.8. The van der Waals surface area contributed by atoms with Crippen molar-refractivity contribution in [2.75, 3.05) is 6.61 Å². The molecule has 2 aromatic rings. The van der Waals surface area contributed by atoms with Crippen molar-refractivity contribution in [1.29, 1.82) is 0 Å². The fourth-order valence-corrected chi connectivity index (χ4v) is 3.92. The summed E-state index contributed by atoms with van der Waals surface area (Å²) in [7, 11) is 0. The number of benzene rings is 2. The van der Waals surface area contributed by atoms with E-state index in [0.717, 1.165) is 16.5 Å². The quantitative estimate of drug-likeness (QED) is 0.716. The van der Waals surface area contributed by atoms with Gasteiger partial charge in [-0.3, -0.25) is 4.79 Å². The van der Waals surface area contributed by atoms with Crippen LogP contribution >= 0.6 is 27.5 Å². The van der Waals surface area contributed by atoms with Crippen LogP contribution in [0.3, 0.4) is 0 Å². The number of aryl methyl sites for hydroxylation is 2. The van der Waals surface area contributed by atoms with Gasteiger partial charge in [0, 0.05) is 5.02 Å². The van der Waals surface area contributed by atoms with Crippen molar-refractivity contribution in [2.24, 2.45) is 0 Å². The SMILES string of the molecule is C[C@@H](NC(=O)COc1ccc(Cl)cc1Br)c1ccc2c(c1)CCCC2. The molecule has 0 fully saturated rings. The number of fused-ring (bicyclic) bond motifs is 1. The van der Waals surface area contributed by atoms with E-state index in [1.807, 2.05) is 6.92 Å². The third-order valence-electron chi connectivity index (χ3n) is 4.50. The highest BCUT2D eigenvalue weighted by atomic mass is 79.9. The molecule has 0 aromatic heterocycles. The van der Waals surface area contributed by atoms with E-state index in [4.69, 9.17) is 16.3 Å². The van der Waals surface area contributed by atoms with Crippen LogP contribution < -0.4 is 10.1 Å². The number of hydrogen-bond donors (Lipinski definition) is 1. The van der Waals surface area contributed by atoms with E-state index < -0.39 is 0 Å². The van der Waals surface area contributed by atoms with Gasteiger partial charge in [0.25, 0.3) is 5.91 Å². The molecule has 132 valence electrons. The van der Waals surface area contributed by atoms with Crippen LogP contribution in [0, 0.1) is 0 Å². The zero-order valence-electron chi connectivity index (χ0n) is 14.1. The highest BCUT2D eigenvalue weighted by Gasteiger charge is 2.14. The fourth-order valence-electron chi connectivity index (χ4n) is 3.12. The van der Waals surface area contributed by atoms with Gasteiger partial charge in [0.1, 0.15) is 5.75 Å². The summed E-state index contributed by atoms with van der Waals surface area (Å²) in [6.07, 6.45) is 4.83. The predicted octanol–water partition coefficient (Wildman–Crippen LogP) is 5.24. The average Bonchev–Trinajstić information content (AvgIpc) is 2.60. The van der Waals surface area contributed by atoms with Crippen molar-refractivity contribution in [3.05, 3.63) is 62.6 Å². The Morgan fingerprint density at radius 2 is 1.96 bits per heavy atom. The van der Waals surface area contributed by atoms with Gasteiger partial charge < -0.3 is 10.1 Å². The van der Waals surface area contributed by atoms with Crippen molar-refractivity contribution in [2.45, 2.75) is 38.6 Å². The summed E-state index contributed by atoms with van der Waals surface area (Å²) in [6.45, 7) is 1.97. The molecule has 0 heterocycles. The van der Waals surface area contributed by atoms with Gasteiger partial charge in [-0.1, -0.05) is 29.8 Å². The highest BCUT2D eigenvalue weighted by Crippen LogP contribution is 2.28. The van der Waals surface area contributed by atoms with Crippen LogP contribution in [0.1, 0.15) is 42.5 Å². The largest absolute Gasteiger partial charge is 0.483 e. The van der Waals surface area contributed by atoms with Crippen LogP contribution in [-0.2, 0) is 17.6 Å². The average molecular weight is 423 g/mol. The molecular weight excluding hydrogens is 402 g/mol. The van der Waals surface area contributed by atoms with Gasteiger partial charge in [0.15, 0.2) is 6.61 Å². The molecule has 0 saturated heterocycles. The molecule has 0 unspecified atom stereocenters. The fraction of sp³-hybridized carbons (Fsp3) is 0.350. The summed E-state index contributed by atoms with van der Waals surface area (Å²) in [5.74, 6) is 0.452. The van der Waals surface area contributed by atoms with Gasteiger partial charge in [0.2, 0.25) is 0 Å². The van der Waals surface area contributed by atoms with E-state index in [0.29, 0.717) is 10.8 Å². The molecule has 1 aliphatic rings. The molecule has 5 heteroatoms. The van der Waals surface area contributed by atoms with E-state index in [1.54, 1.807) is 18.2 Å². The van der Waals surface area contributed by atoms with E-state index in [1.165, 1.54) is 30.4 Å². The molecule has 0 radical (unpaired) electrons. The lowest BCUT2D eigenvalue weighted by atomic mass is 9.89. The topological polar surface area (TPSA) is 38.3 Å². The smallest absolute Gasteiger partial charge is 0.258 e. The molecule has 1 aliphatic carbocycles. The zero-order valence-corrected chi connectivity index (χ0v) is 16.5. The molecule has 0 bridgehead atoms. The molecule has 0 spiro atoms. The monoisotopic (exact) mass is 421 g/mol. The van der Waals surface area contributed by atoms with Crippen LogP contribution in [-0.4, -0.2) is 12.5 Å². The molecule has 2 aromatic carbocycles. The molecule has 0 saturated carbocycles. The maximum atomic E-state index is 12.2. The van der Waals surface area contributed by atoms with Crippen molar-refractivity contribution >= 4 is 33.4 Å². The maximum absolute atomic E-state index is 12.2. The van der Waals surface area contributed by atoms with E-state index >= 15 is 0 Å².